The number of benzene rings is 3. The highest BCUT2D eigenvalue weighted by molar-refractivity contribution is 5.94. The van der Waals surface area contributed by atoms with E-state index in [9.17, 15) is 9.59 Å². The van der Waals surface area contributed by atoms with Crippen molar-refractivity contribution in [1.29, 1.82) is 0 Å². The van der Waals surface area contributed by atoms with Gasteiger partial charge in [-0.15, -0.1) is 10.2 Å². The van der Waals surface area contributed by atoms with Gasteiger partial charge >= 0.3 is 0 Å². The fourth-order valence-electron chi connectivity index (χ4n) is 3.47. The topological polar surface area (TPSA) is 97.1 Å². The highest BCUT2D eigenvalue weighted by atomic mass is 16.4. The third kappa shape index (κ3) is 5.56. The maximum Gasteiger partial charge on any atom is 0.251 e. The van der Waals surface area contributed by atoms with Crippen LogP contribution in [-0.2, 0) is 11.3 Å². The Bertz CT molecular complexity index is 1280. The van der Waals surface area contributed by atoms with Gasteiger partial charge in [0.2, 0.25) is 17.7 Å². The van der Waals surface area contributed by atoms with Gasteiger partial charge < -0.3 is 15.1 Å². The summed E-state index contributed by atoms with van der Waals surface area (Å²) < 4.78 is 5.84. The SMILES string of the molecule is CCCC(=O)Nc1ccc(CNC(=O)c2ccc(-c3nnc(-c4ccccc4C)o3)cc2)cc1. The Balaban J connectivity index is 1.35. The Morgan fingerprint density at radius 1 is 0.882 bits per heavy atom. The first-order valence-corrected chi connectivity index (χ1v) is 11.2. The summed E-state index contributed by atoms with van der Waals surface area (Å²) in [4.78, 5) is 24.2. The van der Waals surface area contributed by atoms with E-state index in [0.29, 0.717) is 30.3 Å². The Hall–Kier alpha value is -4.26. The van der Waals surface area contributed by atoms with Crippen LogP contribution in [0.5, 0.6) is 0 Å². The molecule has 0 saturated carbocycles. The highest BCUT2D eigenvalue weighted by Gasteiger charge is 2.13. The lowest BCUT2D eigenvalue weighted by molar-refractivity contribution is -0.116. The quantitative estimate of drug-likeness (QED) is 0.372. The molecule has 2 amide bonds. The van der Waals surface area contributed by atoms with Gasteiger partial charge in [-0.2, -0.15) is 0 Å². The van der Waals surface area contributed by atoms with E-state index in [1.165, 1.54) is 0 Å². The Morgan fingerprint density at radius 3 is 2.29 bits per heavy atom. The molecule has 1 aromatic heterocycles. The molecule has 0 atom stereocenters. The first kappa shape index (κ1) is 22.9. The van der Waals surface area contributed by atoms with E-state index in [2.05, 4.69) is 20.8 Å². The van der Waals surface area contributed by atoms with Crippen molar-refractivity contribution in [1.82, 2.24) is 15.5 Å². The number of carbonyl (C=O) groups is 2. The molecule has 0 unspecified atom stereocenters. The van der Waals surface area contributed by atoms with Crippen LogP contribution in [0, 0.1) is 6.92 Å². The maximum atomic E-state index is 12.6. The molecule has 4 aromatic rings. The molecular weight excluding hydrogens is 428 g/mol. The van der Waals surface area contributed by atoms with Crippen molar-refractivity contribution in [3.63, 3.8) is 0 Å². The molecule has 0 bridgehead atoms. The zero-order chi connectivity index (χ0) is 23.9. The van der Waals surface area contributed by atoms with Gasteiger partial charge in [-0.25, -0.2) is 0 Å². The van der Waals surface area contributed by atoms with E-state index in [1.807, 2.05) is 62.4 Å². The predicted molar refractivity (Wildman–Crippen MR) is 131 cm³/mol. The zero-order valence-corrected chi connectivity index (χ0v) is 19.2. The average molecular weight is 455 g/mol. The Morgan fingerprint density at radius 2 is 1.59 bits per heavy atom. The summed E-state index contributed by atoms with van der Waals surface area (Å²) in [5.41, 5.74) is 4.91. The molecule has 0 radical (unpaired) electrons. The molecule has 0 aliphatic rings. The molecule has 172 valence electrons. The van der Waals surface area contributed by atoms with Gasteiger partial charge in [-0.05, 0) is 66.9 Å². The van der Waals surface area contributed by atoms with E-state index in [-0.39, 0.29) is 11.8 Å². The molecule has 0 saturated heterocycles. The van der Waals surface area contributed by atoms with Gasteiger partial charge in [0.25, 0.3) is 5.91 Å². The van der Waals surface area contributed by atoms with Crippen molar-refractivity contribution in [2.75, 3.05) is 5.32 Å². The molecule has 7 heteroatoms. The average Bonchev–Trinajstić information content (AvgIpc) is 3.34. The second-order valence-corrected chi connectivity index (χ2v) is 7.98. The van der Waals surface area contributed by atoms with Crippen LogP contribution < -0.4 is 10.6 Å². The number of amides is 2. The van der Waals surface area contributed by atoms with Crippen molar-refractivity contribution in [3.05, 3.63) is 89.5 Å². The summed E-state index contributed by atoms with van der Waals surface area (Å²) >= 11 is 0. The van der Waals surface area contributed by atoms with Crippen LogP contribution in [0.2, 0.25) is 0 Å². The molecule has 34 heavy (non-hydrogen) atoms. The largest absolute Gasteiger partial charge is 0.416 e. The molecule has 3 aromatic carbocycles. The van der Waals surface area contributed by atoms with Crippen molar-refractivity contribution in [2.24, 2.45) is 0 Å². The standard InChI is InChI=1S/C27H26N4O3/c1-3-6-24(32)29-22-15-9-19(10-16-22)17-28-25(33)20-11-13-21(14-12-20)26-30-31-27(34-26)23-8-5-4-7-18(23)2/h4-5,7-16H,3,6,17H2,1-2H3,(H,28,33)(H,29,32). The zero-order valence-electron chi connectivity index (χ0n) is 19.2. The van der Waals surface area contributed by atoms with Crippen LogP contribution in [0.25, 0.3) is 22.9 Å². The van der Waals surface area contributed by atoms with E-state index < -0.39 is 0 Å². The molecular formula is C27H26N4O3. The fourth-order valence-corrected chi connectivity index (χ4v) is 3.47. The molecule has 0 fully saturated rings. The minimum absolute atomic E-state index is 0.000988. The van der Waals surface area contributed by atoms with Crippen LogP contribution in [0.4, 0.5) is 5.69 Å². The van der Waals surface area contributed by atoms with Crippen LogP contribution in [0.15, 0.2) is 77.2 Å². The molecule has 7 nitrogen and oxygen atoms in total. The number of anilines is 1. The van der Waals surface area contributed by atoms with E-state index >= 15 is 0 Å². The monoisotopic (exact) mass is 454 g/mol. The normalized spacial score (nSPS) is 10.6. The lowest BCUT2D eigenvalue weighted by Crippen LogP contribution is -2.22. The number of aryl methyl sites for hydroxylation is 1. The number of carbonyl (C=O) groups excluding carboxylic acids is 2. The minimum atomic E-state index is -0.182. The van der Waals surface area contributed by atoms with E-state index in [1.54, 1.807) is 24.3 Å². The van der Waals surface area contributed by atoms with E-state index in [0.717, 1.165) is 34.4 Å². The number of nitrogens with one attached hydrogen (secondary N) is 2. The first-order chi connectivity index (χ1) is 16.5. The number of hydrogen-bond acceptors (Lipinski definition) is 5. The van der Waals surface area contributed by atoms with Gasteiger partial charge in [0.05, 0.1) is 0 Å². The summed E-state index contributed by atoms with van der Waals surface area (Å²) in [6.45, 7) is 4.34. The molecule has 4 rings (SSSR count). The number of nitrogens with zero attached hydrogens (tertiary/aromatic N) is 2. The number of aromatic nitrogens is 2. The Kier molecular flexibility index (Phi) is 7.13. The second-order valence-electron chi connectivity index (χ2n) is 7.98. The van der Waals surface area contributed by atoms with E-state index in [4.69, 9.17) is 4.42 Å². The lowest BCUT2D eigenvalue weighted by atomic mass is 10.1. The third-order valence-corrected chi connectivity index (χ3v) is 5.36. The first-order valence-electron chi connectivity index (χ1n) is 11.2. The summed E-state index contributed by atoms with van der Waals surface area (Å²) in [5.74, 6) is 0.680. The van der Waals surface area contributed by atoms with Crippen molar-refractivity contribution < 1.29 is 14.0 Å². The van der Waals surface area contributed by atoms with Crippen LogP contribution in [-0.4, -0.2) is 22.0 Å². The number of rotatable bonds is 8. The summed E-state index contributed by atoms with van der Waals surface area (Å²) in [6, 6.07) is 22.3. The summed E-state index contributed by atoms with van der Waals surface area (Å²) in [6.07, 6.45) is 1.30. The number of hydrogen-bond donors (Lipinski definition) is 2. The lowest BCUT2D eigenvalue weighted by Gasteiger charge is -2.08. The smallest absolute Gasteiger partial charge is 0.251 e. The molecule has 0 spiro atoms. The minimum Gasteiger partial charge on any atom is -0.416 e. The van der Waals surface area contributed by atoms with Gasteiger partial charge in [0, 0.05) is 35.3 Å². The second kappa shape index (κ2) is 10.6. The predicted octanol–water partition coefficient (Wildman–Crippen LogP) is 5.38. The molecule has 0 aliphatic carbocycles. The third-order valence-electron chi connectivity index (χ3n) is 5.36. The van der Waals surface area contributed by atoms with Crippen LogP contribution >= 0.6 is 0 Å². The van der Waals surface area contributed by atoms with Crippen LogP contribution in [0.3, 0.4) is 0 Å². The Labute approximate surface area is 198 Å². The molecule has 1 heterocycles. The van der Waals surface area contributed by atoms with Crippen molar-refractivity contribution in [3.8, 4) is 22.9 Å². The van der Waals surface area contributed by atoms with Crippen LogP contribution in [0.1, 0.15) is 41.3 Å². The molecule has 0 aliphatic heterocycles. The van der Waals surface area contributed by atoms with Gasteiger partial charge in [-0.1, -0.05) is 37.3 Å². The van der Waals surface area contributed by atoms with Crippen molar-refractivity contribution >= 4 is 17.5 Å². The maximum absolute atomic E-state index is 12.6. The van der Waals surface area contributed by atoms with Gasteiger partial charge in [0.1, 0.15) is 0 Å². The fraction of sp³-hybridized carbons (Fsp3) is 0.185. The summed E-state index contributed by atoms with van der Waals surface area (Å²) in [5, 5.41) is 14.1. The van der Waals surface area contributed by atoms with Crippen molar-refractivity contribution in [2.45, 2.75) is 33.2 Å². The van der Waals surface area contributed by atoms with Gasteiger partial charge in [-0.3, -0.25) is 9.59 Å². The van der Waals surface area contributed by atoms with Gasteiger partial charge in [0.15, 0.2) is 0 Å². The summed E-state index contributed by atoms with van der Waals surface area (Å²) in [7, 11) is 0. The highest BCUT2D eigenvalue weighted by Crippen LogP contribution is 2.26. The molecule has 2 N–H and O–H groups in total.